The minimum Gasteiger partial charge on any atom is -0.439 e. The van der Waals surface area contributed by atoms with Crippen LogP contribution in [-0.4, -0.2) is 17.9 Å². The minimum absolute atomic E-state index is 0.320. The number of hydrogen-bond acceptors (Lipinski definition) is 3. The van der Waals surface area contributed by atoms with Crippen molar-refractivity contribution < 1.29 is 14.6 Å². The fourth-order valence-electron chi connectivity index (χ4n) is 0.465. The second kappa shape index (κ2) is 5.56. The summed E-state index contributed by atoms with van der Waals surface area (Å²) in [5, 5.41) is 8.09. The number of carbonyl (C=O) groups excluding carboxylic acids is 1. The van der Waals surface area contributed by atoms with Crippen molar-refractivity contribution >= 4 is 5.97 Å². The van der Waals surface area contributed by atoms with Crippen LogP contribution >= 0.6 is 0 Å². The Morgan fingerprint density at radius 1 is 1.67 bits per heavy atom. The van der Waals surface area contributed by atoms with Crippen LogP contribution in [0.25, 0.3) is 0 Å². The number of rotatable bonds is 4. The Kier molecular flexibility index (Phi) is 5.21. The van der Waals surface area contributed by atoms with Crippen molar-refractivity contribution in [3.05, 3.63) is 0 Å². The fraction of sp³-hybridized carbons (Fsp3) is 0.833. The Morgan fingerprint density at radius 2 is 2.33 bits per heavy atom. The standard InChI is InChI=1S/C6H12O3/c1-2-3-4-6(8)9-5-7/h7H,2-5H2,1H3. The van der Waals surface area contributed by atoms with Gasteiger partial charge in [0.25, 0.3) is 0 Å². The van der Waals surface area contributed by atoms with Gasteiger partial charge in [-0.05, 0) is 6.42 Å². The van der Waals surface area contributed by atoms with Gasteiger partial charge in [0.1, 0.15) is 0 Å². The lowest BCUT2D eigenvalue weighted by Crippen LogP contribution is -2.04. The number of unbranched alkanes of at least 4 members (excludes halogenated alkanes) is 1. The molecule has 0 aromatic rings. The maximum absolute atomic E-state index is 10.4. The molecule has 0 aromatic heterocycles. The summed E-state index contributed by atoms with van der Waals surface area (Å²) in [5.41, 5.74) is 0. The zero-order chi connectivity index (χ0) is 7.11. The third-order valence-corrected chi connectivity index (χ3v) is 0.960. The first-order valence-corrected chi connectivity index (χ1v) is 3.07. The molecule has 0 aromatic carbocycles. The quantitative estimate of drug-likeness (QED) is 0.451. The van der Waals surface area contributed by atoms with E-state index in [-0.39, 0.29) is 5.97 Å². The topological polar surface area (TPSA) is 46.5 Å². The highest BCUT2D eigenvalue weighted by Crippen LogP contribution is 1.94. The molecule has 0 fully saturated rings. The third kappa shape index (κ3) is 5.30. The Bertz CT molecular complexity index is 80.4. The van der Waals surface area contributed by atoms with E-state index in [4.69, 9.17) is 5.11 Å². The van der Waals surface area contributed by atoms with Crippen LogP contribution < -0.4 is 0 Å². The van der Waals surface area contributed by atoms with E-state index >= 15 is 0 Å². The van der Waals surface area contributed by atoms with Crippen molar-refractivity contribution in [2.45, 2.75) is 26.2 Å². The number of ether oxygens (including phenoxy) is 1. The predicted molar refractivity (Wildman–Crippen MR) is 32.7 cm³/mol. The van der Waals surface area contributed by atoms with Crippen molar-refractivity contribution in [3.8, 4) is 0 Å². The highest BCUT2D eigenvalue weighted by molar-refractivity contribution is 5.69. The van der Waals surface area contributed by atoms with E-state index in [1.807, 2.05) is 6.92 Å². The summed E-state index contributed by atoms with van der Waals surface area (Å²) >= 11 is 0. The third-order valence-electron chi connectivity index (χ3n) is 0.960. The van der Waals surface area contributed by atoms with Gasteiger partial charge in [-0.15, -0.1) is 0 Å². The summed E-state index contributed by atoms with van der Waals surface area (Å²) in [6, 6.07) is 0. The van der Waals surface area contributed by atoms with E-state index < -0.39 is 6.79 Å². The fourth-order valence-corrected chi connectivity index (χ4v) is 0.465. The van der Waals surface area contributed by atoms with Crippen LogP contribution in [0.3, 0.4) is 0 Å². The van der Waals surface area contributed by atoms with Crippen molar-refractivity contribution in [3.63, 3.8) is 0 Å². The van der Waals surface area contributed by atoms with Crippen molar-refractivity contribution in [1.82, 2.24) is 0 Å². The first-order valence-electron chi connectivity index (χ1n) is 3.07. The Labute approximate surface area is 54.6 Å². The largest absolute Gasteiger partial charge is 0.439 e. The molecule has 0 bridgehead atoms. The van der Waals surface area contributed by atoms with Crippen LogP contribution in [0.5, 0.6) is 0 Å². The average molecular weight is 132 g/mol. The SMILES string of the molecule is CCCCC(=O)OCO. The van der Waals surface area contributed by atoms with Gasteiger partial charge in [-0.3, -0.25) is 4.79 Å². The Balaban J connectivity index is 3.06. The lowest BCUT2D eigenvalue weighted by molar-refractivity contribution is -0.151. The molecule has 54 valence electrons. The molecule has 0 aliphatic heterocycles. The van der Waals surface area contributed by atoms with E-state index in [0.717, 1.165) is 12.8 Å². The molecule has 0 rings (SSSR count). The predicted octanol–water partition coefficient (Wildman–Crippen LogP) is 0.670. The molecular weight excluding hydrogens is 120 g/mol. The number of carbonyl (C=O) groups is 1. The Morgan fingerprint density at radius 3 is 2.78 bits per heavy atom. The first kappa shape index (κ1) is 8.43. The molecular formula is C6H12O3. The first-order chi connectivity index (χ1) is 4.31. The molecule has 0 heterocycles. The maximum atomic E-state index is 10.4. The van der Waals surface area contributed by atoms with Gasteiger partial charge >= 0.3 is 5.97 Å². The molecule has 0 radical (unpaired) electrons. The summed E-state index contributed by atoms with van der Waals surface area (Å²) < 4.78 is 4.26. The molecule has 9 heavy (non-hydrogen) atoms. The van der Waals surface area contributed by atoms with Gasteiger partial charge in [-0.1, -0.05) is 13.3 Å². The van der Waals surface area contributed by atoms with Gasteiger partial charge in [0, 0.05) is 6.42 Å². The summed E-state index contributed by atoms with van der Waals surface area (Å²) in [4.78, 5) is 10.4. The van der Waals surface area contributed by atoms with Crippen LogP contribution in [0.2, 0.25) is 0 Å². The molecule has 1 N–H and O–H groups in total. The van der Waals surface area contributed by atoms with Gasteiger partial charge in [0.15, 0.2) is 6.79 Å². The van der Waals surface area contributed by atoms with E-state index in [1.165, 1.54) is 0 Å². The van der Waals surface area contributed by atoms with E-state index in [9.17, 15) is 4.79 Å². The van der Waals surface area contributed by atoms with E-state index in [1.54, 1.807) is 0 Å². The molecule has 0 aliphatic rings. The average Bonchev–Trinajstić information content (AvgIpc) is 1.85. The summed E-state index contributed by atoms with van der Waals surface area (Å²) in [7, 11) is 0. The molecule has 0 unspecified atom stereocenters. The van der Waals surface area contributed by atoms with Crippen LogP contribution in [-0.2, 0) is 9.53 Å². The second-order valence-corrected chi connectivity index (χ2v) is 1.75. The molecule has 0 amide bonds. The molecule has 3 nitrogen and oxygen atoms in total. The van der Waals surface area contributed by atoms with Gasteiger partial charge in [-0.2, -0.15) is 0 Å². The van der Waals surface area contributed by atoms with Gasteiger partial charge in [0.05, 0.1) is 0 Å². The summed E-state index contributed by atoms with van der Waals surface area (Å²) in [6.07, 6.45) is 2.22. The van der Waals surface area contributed by atoms with Crippen LogP contribution in [0.15, 0.2) is 0 Å². The highest BCUT2D eigenvalue weighted by atomic mass is 16.6. The van der Waals surface area contributed by atoms with Crippen molar-refractivity contribution in [2.75, 3.05) is 6.79 Å². The van der Waals surface area contributed by atoms with Crippen molar-refractivity contribution in [2.24, 2.45) is 0 Å². The zero-order valence-corrected chi connectivity index (χ0v) is 5.59. The number of hydrogen-bond donors (Lipinski definition) is 1. The molecule has 0 saturated heterocycles. The van der Waals surface area contributed by atoms with E-state index in [0.29, 0.717) is 6.42 Å². The van der Waals surface area contributed by atoms with Crippen LogP contribution in [0.1, 0.15) is 26.2 Å². The maximum Gasteiger partial charge on any atom is 0.307 e. The second-order valence-electron chi connectivity index (χ2n) is 1.75. The smallest absolute Gasteiger partial charge is 0.307 e. The normalized spacial score (nSPS) is 9.11. The molecule has 0 spiro atoms. The Hall–Kier alpha value is -0.570. The molecule has 0 aliphatic carbocycles. The van der Waals surface area contributed by atoms with Gasteiger partial charge in [0.2, 0.25) is 0 Å². The minimum atomic E-state index is -0.497. The summed E-state index contributed by atoms with van der Waals surface area (Å²) in [6.45, 7) is 1.49. The molecule has 3 heteroatoms. The zero-order valence-electron chi connectivity index (χ0n) is 5.59. The number of aliphatic hydroxyl groups is 1. The van der Waals surface area contributed by atoms with Crippen LogP contribution in [0, 0.1) is 0 Å². The highest BCUT2D eigenvalue weighted by Gasteiger charge is 1.97. The monoisotopic (exact) mass is 132 g/mol. The lowest BCUT2D eigenvalue weighted by Gasteiger charge is -1.97. The number of esters is 1. The summed E-state index contributed by atoms with van der Waals surface area (Å²) in [5.74, 6) is -0.320. The van der Waals surface area contributed by atoms with Gasteiger partial charge < -0.3 is 9.84 Å². The van der Waals surface area contributed by atoms with Crippen molar-refractivity contribution in [1.29, 1.82) is 0 Å². The molecule has 0 atom stereocenters. The lowest BCUT2D eigenvalue weighted by atomic mass is 10.3. The van der Waals surface area contributed by atoms with Crippen LogP contribution in [0.4, 0.5) is 0 Å². The molecule has 0 saturated carbocycles. The number of aliphatic hydroxyl groups excluding tert-OH is 1. The van der Waals surface area contributed by atoms with E-state index in [2.05, 4.69) is 4.74 Å². The van der Waals surface area contributed by atoms with Gasteiger partial charge in [-0.25, -0.2) is 0 Å².